The van der Waals surface area contributed by atoms with Crippen LogP contribution in [0, 0.1) is 6.92 Å². The van der Waals surface area contributed by atoms with E-state index in [-0.39, 0.29) is 23.1 Å². The van der Waals surface area contributed by atoms with Gasteiger partial charge in [-0.1, -0.05) is 73.1 Å². The summed E-state index contributed by atoms with van der Waals surface area (Å²) in [4.78, 5) is 24.7. The molecule has 28 heavy (non-hydrogen) atoms. The van der Waals surface area contributed by atoms with Crippen LogP contribution in [0.15, 0.2) is 54.6 Å². The molecule has 2 aromatic carbocycles. The number of aryl methyl sites for hydroxylation is 2. The summed E-state index contributed by atoms with van der Waals surface area (Å²) in [5.74, 6) is -0.915. The fourth-order valence-electron chi connectivity index (χ4n) is 2.86. The standard InChI is InChI=1S/C22H21ClN2O3/c1-3-16-9-11-18(12-10-16)19(26)14-28-22(27)20-15(2)24-25(21(20)23)13-17-7-5-4-6-8-17/h4-12H,3,13-14H2,1-2H3. The number of halogens is 1. The van der Waals surface area contributed by atoms with Gasteiger partial charge >= 0.3 is 5.97 Å². The van der Waals surface area contributed by atoms with Gasteiger partial charge in [-0.15, -0.1) is 0 Å². The monoisotopic (exact) mass is 396 g/mol. The average molecular weight is 397 g/mol. The molecule has 0 aliphatic carbocycles. The lowest BCUT2D eigenvalue weighted by atomic mass is 10.1. The van der Waals surface area contributed by atoms with E-state index in [9.17, 15) is 9.59 Å². The molecule has 3 aromatic rings. The number of carbonyl (C=O) groups is 2. The van der Waals surface area contributed by atoms with E-state index in [1.165, 1.54) is 0 Å². The Morgan fingerprint density at radius 1 is 1.04 bits per heavy atom. The number of Topliss-reactive ketones (excluding diaryl/α,β-unsaturated/α-hetero) is 1. The molecule has 0 radical (unpaired) electrons. The van der Waals surface area contributed by atoms with Crippen molar-refractivity contribution < 1.29 is 14.3 Å². The Labute approximate surface area is 168 Å². The van der Waals surface area contributed by atoms with E-state index in [0.29, 0.717) is 17.8 Å². The third-order valence-electron chi connectivity index (χ3n) is 4.46. The van der Waals surface area contributed by atoms with Crippen LogP contribution in [0.5, 0.6) is 0 Å². The smallest absolute Gasteiger partial charge is 0.343 e. The molecule has 1 heterocycles. The lowest BCUT2D eigenvalue weighted by molar-refractivity contribution is 0.0474. The van der Waals surface area contributed by atoms with Gasteiger partial charge in [0.05, 0.1) is 12.2 Å². The van der Waals surface area contributed by atoms with Crippen molar-refractivity contribution in [2.75, 3.05) is 6.61 Å². The van der Waals surface area contributed by atoms with Crippen molar-refractivity contribution >= 4 is 23.4 Å². The molecular weight excluding hydrogens is 376 g/mol. The van der Waals surface area contributed by atoms with Gasteiger partial charge in [-0.25, -0.2) is 9.48 Å². The summed E-state index contributed by atoms with van der Waals surface area (Å²) in [6.07, 6.45) is 0.897. The highest BCUT2D eigenvalue weighted by atomic mass is 35.5. The van der Waals surface area contributed by atoms with E-state index >= 15 is 0 Å². The second-order valence-corrected chi connectivity index (χ2v) is 6.80. The molecule has 0 spiro atoms. The van der Waals surface area contributed by atoms with Gasteiger partial charge in [0.25, 0.3) is 0 Å². The van der Waals surface area contributed by atoms with Crippen LogP contribution in [-0.4, -0.2) is 28.1 Å². The molecule has 0 fully saturated rings. The molecule has 0 amide bonds. The van der Waals surface area contributed by atoms with Crippen molar-refractivity contribution in [3.63, 3.8) is 0 Å². The molecule has 0 aliphatic heterocycles. The van der Waals surface area contributed by atoms with Crippen LogP contribution in [0.1, 0.15) is 44.5 Å². The summed E-state index contributed by atoms with van der Waals surface area (Å²) in [5.41, 5.74) is 3.31. The van der Waals surface area contributed by atoms with Gasteiger partial charge in [0.2, 0.25) is 0 Å². The first-order valence-corrected chi connectivity index (χ1v) is 9.43. The van der Waals surface area contributed by atoms with Gasteiger partial charge in [-0.2, -0.15) is 5.10 Å². The molecule has 0 unspecified atom stereocenters. The zero-order valence-electron chi connectivity index (χ0n) is 15.8. The molecule has 0 saturated carbocycles. The maximum absolute atomic E-state index is 12.5. The third-order valence-corrected chi connectivity index (χ3v) is 4.85. The molecule has 0 aliphatic rings. The summed E-state index contributed by atoms with van der Waals surface area (Å²) in [7, 11) is 0. The minimum absolute atomic E-state index is 0.187. The van der Waals surface area contributed by atoms with Crippen molar-refractivity contribution in [2.24, 2.45) is 0 Å². The Balaban J connectivity index is 1.67. The van der Waals surface area contributed by atoms with E-state index < -0.39 is 5.97 Å². The molecule has 5 nitrogen and oxygen atoms in total. The number of hydrogen-bond acceptors (Lipinski definition) is 4. The van der Waals surface area contributed by atoms with Gasteiger partial charge in [0, 0.05) is 5.56 Å². The first kappa shape index (κ1) is 19.8. The summed E-state index contributed by atoms with van der Waals surface area (Å²) < 4.78 is 6.75. The van der Waals surface area contributed by atoms with Gasteiger partial charge in [-0.05, 0) is 24.5 Å². The predicted molar refractivity (Wildman–Crippen MR) is 108 cm³/mol. The highest BCUT2D eigenvalue weighted by Crippen LogP contribution is 2.22. The predicted octanol–water partition coefficient (Wildman–Crippen LogP) is 4.50. The maximum Gasteiger partial charge on any atom is 0.343 e. The molecule has 0 saturated heterocycles. The van der Waals surface area contributed by atoms with Crippen molar-refractivity contribution in [1.82, 2.24) is 9.78 Å². The van der Waals surface area contributed by atoms with Crippen LogP contribution < -0.4 is 0 Å². The minimum Gasteiger partial charge on any atom is -0.454 e. The van der Waals surface area contributed by atoms with E-state index in [0.717, 1.165) is 17.5 Å². The van der Waals surface area contributed by atoms with Crippen LogP contribution in [0.3, 0.4) is 0 Å². The van der Waals surface area contributed by atoms with E-state index in [1.807, 2.05) is 49.4 Å². The summed E-state index contributed by atoms with van der Waals surface area (Å²) in [6.45, 7) is 3.83. The Hall–Kier alpha value is -2.92. The second kappa shape index (κ2) is 8.85. The van der Waals surface area contributed by atoms with Crippen molar-refractivity contribution in [1.29, 1.82) is 0 Å². The fraction of sp³-hybridized carbons (Fsp3) is 0.227. The van der Waals surface area contributed by atoms with Gasteiger partial charge in [-0.3, -0.25) is 4.79 Å². The number of nitrogens with zero attached hydrogens (tertiary/aromatic N) is 2. The topological polar surface area (TPSA) is 61.2 Å². The molecule has 6 heteroatoms. The molecule has 3 rings (SSSR count). The molecule has 0 atom stereocenters. The van der Waals surface area contributed by atoms with Gasteiger partial charge < -0.3 is 4.74 Å². The largest absolute Gasteiger partial charge is 0.454 e. The molecule has 0 N–H and O–H groups in total. The minimum atomic E-state index is -0.652. The summed E-state index contributed by atoms with van der Waals surface area (Å²) >= 11 is 6.35. The first-order chi connectivity index (χ1) is 13.5. The Bertz CT molecular complexity index is 979. The van der Waals surface area contributed by atoms with Crippen LogP contribution in [-0.2, 0) is 17.7 Å². The zero-order valence-corrected chi connectivity index (χ0v) is 16.6. The summed E-state index contributed by atoms with van der Waals surface area (Å²) in [6, 6.07) is 16.9. The Morgan fingerprint density at radius 2 is 1.71 bits per heavy atom. The maximum atomic E-state index is 12.5. The molecule has 1 aromatic heterocycles. The highest BCUT2D eigenvalue weighted by molar-refractivity contribution is 6.32. The number of carbonyl (C=O) groups excluding carboxylic acids is 2. The number of ether oxygens (including phenoxy) is 1. The SMILES string of the molecule is CCc1ccc(C(=O)COC(=O)c2c(C)nn(Cc3ccccc3)c2Cl)cc1. The molecule has 0 bridgehead atoms. The van der Waals surface area contributed by atoms with Crippen molar-refractivity contribution in [3.8, 4) is 0 Å². The number of hydrogen-bond donors (Lipinski definition) is 0. The van der Waals surface area contributed by atoms with Gasteiger partial charge in [0.1, 0.15) is 10.7 Å². The first-order valence-electron chi connectivity index (χ1n) is 9.05. The highest BCUT2D eigenvalue weighted by Gasteiger charge is 2.22. The number of benzene rings is 2. The fourth-order valence-corrected chi connectivity index (χ4v) is 3.17. The number of ketones is 1. The second-order valence-electron chi connectivity index (χ2n) is 6.44. The third kappa shape index (κ3) is 4.49. The summed E-state index contributed by atoms with van der Waals surface area (Å²) in [5, 5.41) is 4.53. The van der Waals surface area contributed by atoms with Crippen LogP contribution in [0.2, 0.25) is 5.15 Å². The van der Waals surface area contributed by atoms with E-state index in [1.54, 1.807) is 23.7 Å². The Kier molecular flexibility index (Phi) is 6.26. The average Bonchev–Trinajstić information content (AvgIpc) is 2.99. The van der Waals surface area contributed by atoms with Crippen LogP contribution in [0.25, 0.3) is 0 Å². The quantitative estimate of drug-likeness (QED) is 0.436. The van der Waals surface area contributed by atoms with Crippen molar-refractivity contribution in [2.45, 2.75) is 26.8 Å². The normalized spacial score (nSPS) is 10.7. The van der Waals surface area contributed by atoms with Gasteiger partial charge in [0.15, 0.2) is 12.4 Å². The van der Waals surface area contributed by atoms with E-state index in [4.69, 9.17) is 16.3 Å². The molecular formula is C22H21ClN2O3. The van der Waals surface area contributed by atoms with Crippen LogP contribution in [0.4, 0.5) is 0 Å². The Morgan fingerprint density at radius 3 is 2.36 bits per heavy atom. The number of rotatable bonds is 7. The zero-order chi connectivity index (χ0) is 20.1. The van der Waals surface area contributed by atoms with E-state index in [2.05, 4.69) is 5.10 Å². The number of aromatic nitrogens is 2. The lowest BCUT2D eigenvalue weighted by Crippen LogP contribution is -2.15. The van der Waals surface area contributed by atoms with Crippen molar-refractivity contribution in [3.05, 3.63) is 87.7 Å². The van der Waals surface area contributed by atoms with Crippen LogP contribution >= 0.6 is 11.6 Å². The number of esters is 1. The molecule has 144 valence electrons. The lowest BCUT2D eigenvalue weighted by Gasteiger charge is -2.06.